The molecule has 0 spiro atoms. The van der Waals surface area contributed by atoms with Crippen molar-refractivity contribution in [3.8, 4) is 17.0 Å². The lowest BCUT2D eigenvalue weighted by Gasteiger charge is -2.14. The maximum Gasteiger partial charge on any atom is 0.227 e. The van der Waals surface area contributed by atoms with E-state index in [1.54, 1.807) is 13.3 Å². The van der Waals surface area contributed by atoms with Gasteiger partial charge in [0.1, 0.15) is 11.6 Å². The number of aromatic nitrogens is 2. The van der Waals surface area contributed by atoms with Crippen LogP contribution in [0.4, 0.5) is 0 Å². The maximum atomic E-state index is 12.5. The Morgan fingerprint density at radius 1 is 1.15 bits per heavy atom. The fourth-order valence-corrected chi connectivity index (χ4v) is 2.92. The molecule has 0 aliphatic carbocycles. The Morgan fingerprint density at radius 2 is 1.88 bits per heavy atom. The topological polar surface area (TPSA) is 67.0 Å². The van der Waals surface area contributed by atoms with Gasteiger partial charge in [-0.25, -0.2) is 4.98 Å². The Morgan fingerprint density at radius 3 is 2.54 bits per heavy atom. The Balaban J connectivity index is 1.63. The summed E-state index contributed by atoms with van der Waals surface area (Å²) in [5.41, 5.74) is 2.96. The van der Waals surface area contributed by atoms with Crippen LogP contribution in [0.25, 0.3) is 11.3 Å². The number of carbonyl (C=O) groups excluding carboxylic acids is 1. The summed E-state index contributed by atoms with van der Waals surface area (Å²) in [5, 5.41) is 2.98. The molecule has 134 valence electrons. The quantitative estimate of drug-likeness (QED) is 0.680. The van der Waals surface area contributed by atoms with Crippen LogP contribution in [0.5, 0.6) is 5.75 Å². The van der Waals surface area contributed by atoms with Crippen molar-refractivity contribution in [2.75, 3.05) is 7.11 Å². The molecule has 0 aliphatic rings. The number of nitrogens with zero attached hydrogens (tertiary/aromatic N) is 1. The number of aromatic amines is 1. The van der Waals surface area contributed by atoms with Gasteiger partial charge in [0.15, 0.2) is 0 Å². The molecular formula is C21H23N3O2. The Labute approximate surface area is 153 Å². The van der Waals surface area contributed by atoms with Crippen LogP contribution in [0.15, 0.2) is 60.8 Å². The number of hydrogen-bond acceptors (Lipinski definition) is 3. The van der Waals surface area contributed by atoms with E-state index >= 15 is 0 Å². The van der Waals surface area contributed by atoms with E-state index in [-0.39, 0.29) is 11.8 Å². The Bertz CT molecular complexity index is 841. The van der Waals surface area contributed by atoms with Crippen LogP contribution in [0.1, 0.15) is 30.7 Å². The van der Waals surface area contributed by atoms with Crippen molar-refractivity contribution in [3.05, 3.63) is 72.2 Å². The second-order valence-corrected chi connectivity index (χ2v) is 6.06. The SMILES string of the molecule is CC[C@H](C(=O)NCc1ncc(-c2ccc(OC)cc2)[nH]1)c1ccccc1. The molecule has 0 aliphatic heterocycles. The smallest absolute Gasteiger partial charge is 0.227 e. The summed E-state index contributed by atoms with van der Waals surface area (Å²) in [4.78, 5) is 20.1. The van der Waals surface area contributed by atoms with Gasteiger partial charge in [0.25, 0.3) is 0 Å². The van der Waals surface area contributed by atoms with Crippen LogP contribution in [-0.4, -0.2) is 23.0 Å². The number of methoxy groups -OCH3 is 1. The zero-order valence-electron chi connectivity index (χ0n) is 15.0. The Hall–Kier alpha value is -3.08. The molecule has 2 N–H and O–H groups in total. The minimum Gasteiger partial charge on any atom is -0.497 e. The monoisotopic (exact) mass is 349 g/mol. The molecule has 5 nitrogen and oxygen atoms in total. The average molecular weight is 349 g/mol. The molecule has 0 bridgehead atoms. The molecule has 5 heteroatoms. The number of nitrogens with one attached hydrogen (secondary N) is 2. The molecule has 1 aromatic heterocycles. The molecule has 3 aromatic rings. The van der Waals surface area contributed by atoms with E-state index in [1.807, 2.05) is 61.5 Å². The van der Waals surface area contributed by atoms with Gasteiger partial charge in [-0.1, -0.05) is 37.3 Å². The van der Waals surface area contributed by atoms with Gasteiger partial charge in [0.2, 0.25) is 5.91 Å². The first-order chi connectivity index (χ1) is 12.7. The summed E-state index contributed by atoms with van der Waals surface area (Å²) in [6.07, 6.45) is 2.53. The molecule has 0 unspecified atom stereocenters. The zero-order valence-corrected chi connectivity index (χ0v) is 15.0. The molecule has 0 saturated heterocycles. The highest BCUT2D eigenvalue weighted by atomic mass is 16.5. The fourth-order valence-electron chi connectivity index (χ4n) is 2.92. The normalized spacial score (nSPS) is 11.8. The lowest BCUT2D eigenvalue weighted by atomic mass is 9.96. The number of imidazole rings is 1. The molecule has 0 radical (unpaired) electrons. The van der Waals surface area contributed by atoms with Crippen LogP contribution in [0.3, 0.4) is 0 Å². The van der Waals surface area contributed by atoms with Crippen LogP contribution < -0.4 is 10.1 Å². The van der Waals surface area contributed by atoms with Crippen LogP contribution >= 0.6 is 0 Å². The van der Waals surface area contributed by atoms with Gasteiger partial charge in [0, 0.05) is 0 Å². The molecule has 1 heterocycles. The largest absolute Gasteiger partial charge is 0.497 e. The number of hydrogen-bond donors (Lipinski definition) is 2. The van der Waals surface area contributed by atoms with Crippen molar-refractivity contribution in [1.82, 2.24) is 15.3 Å². The van der Waals surface area contributed by atoms with Crippen LogP contribution in [0, 0.1) is 0 Å². The fraction of sp³-hybridized carbons (Fsp3) is 0.238. The van der Waals surface area contributed by atoms with Crippen LogP contribution in [0.2, 0.25) is 0 Å². The highest BCUT2D eigenvalue weighted by Gasteiger charge is 2.18. The molecular weight excluding hydrogens is 326 g/mol. The molecule has 3 rings (SSSR count). The van der Waals surface area contributed by atoms with Gasteiger partial charge in [0.05, 0.1) is 31.5 Å². The van der Waals surface area contributed by atoms with E-state index in [9.17, 15) is 4.79 Å². The predicted molar refractivity (Wildman–Crippen MR) is 102 cm³/mol. The summed E-state index contributed by atoms with van der Waals surface area (Å²) < 4.78 is 5.17. The number of ether oxygens (including phenoxy) is 1. The van der Waals surface area contributed by atoms with E-state index in [4.69, 9.17) is 4.74 Å². The summed E-state index contributed by atoms with van der Waals surface area (Å²) in [6, 6.07) is 17.6. The molecule has 2 aromatic carbocycles. The molecule has 0 saturated carbocycles. The first kappa shape index (κ1) is 17.7. The van der Waals surface area contributed by atoms with Crippen molar-refractivity contribution in [2.45, 2.75) is 25.8 Å². The lowest BCUT2D eigenvalue weighted by Crippen LogP contribution is -2.29. The highest BCUT2D eigenvalue weighted by molar-refractivity contribution is 5.83. The van der Waals surface area contributed by atoms with Gasteiger partial charge in [-0.05, 0) is 41.8 Å². The van der Waals surface area contributed by atoms with E-state index in [1.165, 1.54) is 0 Å². The number of benzene rings is 2. The number of carbonyl (C=O) groups is 1. The number of rotatable bonds is 7. The van der Waals surface area contributed by atoms with Gasteiger partial charge in [-0.3, -0.25) is 4.79 Å². The Kier molecular flexibility index (Phi) is 5.69. The van der Waals surface area contributed by atoms with Gasteiger partial charge in [-0.15, -0.1) is 0 Å². The first-order valence-electron chi connectivity index (χ1n) is 8.72. The van der Waals surface area contributed by atoms with E-state index in [0.717, 1.165) is 34.8 Å². The summed E-state index contributed by atoms with van der Waals surface area (Å²) in [7, 11) is 1.64. The first-order valence-corrected chi connectivity index (χ1v) is 8.72. The standard InChI is InChI=1S/C21H23N3O2/c1-3-18(15-7-5-4-6-8-15)21(25)23-14-20-22-13-19(24-20)16-9-11-17(26-2)12-10-16/h4-13,18H,3,14H2,1-2H3,(H,22,24)(H,23,25)/t18-/m0/s1. The van der Waals surface area contributed by atoms with E-state index in [0.29, 0.717) is 6.54 Å². The van der Waals surface area contributed by atoms with Gasteiger partial charge in [-0.2, -0.15) is 0 Å². The van der Waals surface area contributed by atoms with Crippen LogP contribution in [-0.2, 0) is 11.3 Å². The minimum absolute atomic E-state index is 0.0149. The highest BCUT2D eigenvalue weighted by Crippen LogP contribution is 2.21. The summed E-state index contributed by atoms with van der Waals surface area (Å²) in [5.74, 6) is 1.41. The number of H-pyrrole nitrogens is 1. The molecule has 1 amide bonds. The summed E-state index contributed by atoms with van der Waals surface area (Å²) >= 11 is 0. The average Bonchev–Trinajstić information content (AvgIpc) is 3.17. The molecule has 0 fully saturated rings. The van der Waals surface area contributed by atoms with Gasteiger partial charge < -0.3 is 15.0 Å². The van der Waals surface area contributed by atoms with Crippen molar-refractivity contribution >= 4 is 5.91 Å². The third-order valence-corrected chi connectivity index (χ3v) is 4.39. The second kappa shape index (κ2) is 8.34. The third kappa shape index (κ3) is 4.11. The molecule has 1 atom stereocenters. The lowest BCUT2D eigenvalue weighted by molar-refractivity contribution is -0.122. The van der Waals surface area contributed by atoms with Crippen molar-refractivity contribution < 1.29 is 9.53 Å². The predicted octanol–water partition coefficient (Wildman–Crippen LogP) is 3.90. The van der Waals surface area contributed by atoms with Crippen molar-refractivity contribution in [3.63, 3.8) is 0 Å². The van der Waals surface area contributed by atoms with Crippen molar-refractivity contribution in [2.24, 2.45) is 0 Å². The maximum absolute atomic E-state index is 12.5. The van der Waals surface area contributed by atoms with Gasteiger partial charge >= 0.3 is 0 Å². The number of amides is 1. The zero-order chi connectivity index (χ0) is 18.4. The van der Waals surface area contributed by atoms with E-state index in [2.05, 4.69) is 15.3 Å². The summed E-state index contributed by atoms with van der Waals surface area (Å²) in [6.45, 7) is 2.39. The van der Waals surface area contributed by atoms with Crippen molar-refractivity contribution in [1.29, 1.82) is 0 Å². The van der Waals surface area contributed by atoms with E-state index < -0.39 is 0 Å². The molecule has 26 heavy (non-hydrogen) atoms. The minimum atomic E-state index is -0.146. The second-order valence-electron chi connectivity index (χ2n) is 6.06. The third-order valence-electron chi connectivity index (χ3n) is 4.39.